The Hall–Kier alpha value is -0.180. The third-order valence-electron chi connectivity index (χ3n) is 1.68. The van der Waals surface area contributed by atoms with Gasteiger partial charge < -0.3 is 4.74 Å². The van der Waals surface area contributed by atoms with E-state index in [4.69, 9.17) is 4.74 Å². The van der Waals surface area contributed by atoms with Crippen molar-refractivity contribution in [1.29, 1.82) is 0 Å². The molecule has 0 aliphatic rings. The molecule has 0 aromatic rings. The molecule has 72 valence electrons. The van der Waals surface area contributed by atoms with Crippen LogP contribution in [0.2, 0.25) is 0 Å². The van der Waals surface area contributed by atoms with Crippen LogP contribution in [0.25, 0.3) is 0 Å². The second-order valence-corrected chi connectivity index (χ2v) is 4.05. The van der Waals surface area contributed by atoms with Crippen molar-refractivity contribution in [3.63, 3.8) is 0 Å². The summed E-state index contributed by atoms with van der Waals surface area (Å²) in [5, 5.41) is 0. The molecule has 0 fully saturated rings. The molecule has 0 aliphatic heterocycles. The highest BCUT2D eigenvalue weighted by Gasteiger charge is 2.18. The summed E-state index contributed by atoms with van der Waals surface area (Å²) in [7, 11) is 0. The molecule has 0 saturated heterocycles. The van der Waals surface area contributed by atoms with Gasteiger partial charge in [0, 0.05) is 0 Å². The van der Waals surface area contributed by atoms with E-state index in [0.29, 0.717) is 6.61 Å². The number of hydrogen-bond donors (Lipinski definition) is 1. The first kappa shape index (κ1) is 11.8. The van der Waals surface area contributed by atoms with E-state index in [0.717, 1.165) is 12.8 Å². The molecule has 0 saturated carbocycles. The Balaban J connectivity index is 3.67. The largest absolute Gasteiger partial charge is 0.465 e. The topological polar surface area (TPSA) is 26.3 Å². The number of thiol groups is 1. The molecule has 0 radical (unpaired) electrons. The zero-order valence-electron chi connectivity index (χ0n) is 8.09. The van der Waals surface area contributed by atoms with Gasteiger partial charge in [-0.1, -0.05) is 27.2 Å². The standard InChI is InChI=1S/C9H18O2S/c1-4-5-9(2,3)7-11-8(10)6-12/h12H,4-7H2,1-3H3. The molecular formula is C9H18O2S. The van der Waals surface area contributed by atoms with Crippen molar-refractivity contribution in [2.75, 3.05) is 12.4 Å². The van der Waals surface area contributed by atoms with Crippen LogP contribution in [0.1, 0.15) is 33.6 Å². The minimum Gasteiger partial charge on any atom is -0.465 e. The van der Waals surface area contributed by atoms with Crippen LogP contribution in [0.15, 0.2) is 0 Å². The van der Waals surface area contributed by atoms with Gasteiger partial charge in [0.25, 0.3) is 0 Å². The first-order valence-corrected chi connectivity index (χ1v) is 4.91. The molecular weight excluding hydrogens is 172 g/mol. The van der Waals surface area contributed by atoms with E-state index in [1.165, 1.54) is 0 Å². The summed E-state index contributed by atoms with van der Waals surface area (Å²) in [5.41, 5.74) is 0.105. The Morgan fingerprint density at radius 3 is 2.50 bits per heavy atom. The van der Waals surface area contributed by atoms with E-state index in [-0.39, 0.29) is 17.1 Å². The lowest BCUT2D eigenvalue weighted by molar-refractivity contribution is -0.143. The van der Waals surface area contributed by atoms with Gasteiger partial charge in [0.1, 0.15) is 0 Å². The summed E-state index contributed by atoms with van der Waals surface area (Å²) in [4.78, 5) is 10.8. The minimum absolute atomic E-state index is 0.105. The van der Waals surface area contributed by atoms with Gasteiger partial charge in [0.05, 0.1) is 12.4 Å². The normalized spacial score (nSPS) is 11.3. The van der Waals surface area contributed by atoms with E-state index in [1.54, 1.807) is 0 Å². The van der Waals surface area contributed by atoms with Crippen molar-refractivity contribution in [3.8, 4) is 0 Å². The van der Waals surface area contributed by atoms with Crippen LogP contribution in [-0.2, 0) is 9.53 Å². The van der Waals surface area contributed by atoms with Crippen molar-refractivity contribution in [2.45, 2.75) is 33.6 Å². The van der Waals surface area contributed by atoms with Crippen LogP contribution in [-0.4, -0.2) is 18.3 Å². The minimum atomic E-state index is -0.234. The van der Waals surface area contributed by atoms with Crippen molar-refractivity contribution < 1.29 is 9.53 Å². The lowest BCUT2D eigenvalue weighted by Crippen LogP contribution is -2.22. The van der Waals surface area contributed by atoms with Gasteiger partial charge >= 0.3 is 5.97 Å². The maximum absolute atomic E-state index is 10.8. The third kappa shape index (κ3) is 5.47. The van der Waals surface area contributed by atoms with Crippen molar-refractivity contribution in [1.82, 2.24) is 0 Å². The Labute approximate surface area is 80.1 Å². The van der Waals surface area contributed by atoms with E-state index in [1.807, 2.05) is 0 Å². The van der Waals surface area contributed by atoms with Crippen molar-refractivity contribution in [3.05, 3.63) is 0 Å². The molecule has 0 aliphatic carbocycles. The lowest BCUT2D eigenvalue weighted by atomic mass is 9.89. The van der Waals surface area contributed by atoms with E-state index >= 15 is 0 Å². The summed E-state index contributed by atoms with van der Waals surface area (Å²) in [6.07, 6.45) is 2.19. The fourth-order valence-corrected chi connectivity index (χ4v) is 1.16. The molecule has 0 aromatic heterocycles. The second-order valence-electron chi connectivity index (χ2n) is 3.73. The Kier molecular flexibility index (Phi) is 5.38. The zero-order valence-corrected chi connectivity index (χ0v) is 8.99. The lowest BCUT2D eigenvalue weighted by Gasteiger charge is -2.22. The Bertz CT molecular complexity index is 143. The number of rotatable bonds is 5. The fraction of sp³-hybridized carbons (Fsp3) is 0.889. The SMILES string of the molecule is CCCC(C)(C)COC(=O)CS. The van der Waals surface area contributed by atoms with E-state index < -0.39 is 0 Å². The molecule has 0 heterocycles. The van der Waals surface area contributed by atoms with Crippen LogP contribution in [0.4, 0.5) is 0 Å². The Morgan fingerprint density at radius 2 is 2.08 bits per heavy atom. The van der Waals surface area contributed by atoms with Crippen LogP contribution in [0.5, 0.6) is 0 Å². The van der Waals surface area contributed by atoms with Crippen LogP contribution < -0.4 is 0 Å². The molecule has 0 atom stereocenters. The van der Waals surface area contributed by atoms with Crippen LogP contribution >= 0.6 is 12.6 Å². The molecule has 0 N–H and O–H groups in total. The highest BCUT2D eigenvalue weighted by atomic mass is 32.1. The first-order chi connectivity index (χ1) is 5.52. The molecule has 0 bridgehead atoms. The predicted octanol–water partition coefficient (Wildman–Crippen LogP) is 2.29. The Morgan fingerprint density at radius 1 is 1.50 bits per heavy atom. The number of ether oxygens (including phenoxy) is 1. The summed E-state index contributed by atoms with van der Waals surface area (Å²) in [6, 6.07) is 0. The molecule has 3 heteroatoms. The average Bonchev–Trinajstić information content (AvgIpc) is 2.00. The monoisotopic (exact) mass is 190 g/mol. The maximum atomic E-state index is 10.8. The number of esters is 1. The smallest absolute Gasteiger partial charge is 0.315 e. The molecule has 0 rings (SSSR count). The summed E-state index contributed by atoms with van der Waals surface area (Å²) < 4.78 is 4.99. The van der Waals surface area contributed by atoms with Gasteiger partial charge in [-0.05, 0) is 11.8 Å². The number of carbonyl (C=O) groups is 1. The first-order valence-electron chi connectivity index (χ1n) is 4.28. The highest BCUT2D eigenvalue weighted by molar-refractivity contribution is 7.81. The predicted molar refractivity (Wildman–Crippen MR) is 53.5 cm³/mol. The summed E-state index contributed by atoms with van der Waals surface area (Å²) in [5.74, 6) is -0.0649. The van der Waals surface area contributed by atoms with Crippen molar-refractivity contribution >= 4 is 18.6 Å². The second kappa shape index (κ2) is 5.46. The van der Waals surface area contributed by atoms with Gasteiger partial charge in [-0.25, -0.2) is 0 Å². The van der Waals surface area contributed by atoms with Crippen LogP contribution in [0.3, 0.4) is 0 Å². The summed E-state index contributed by atoms with van der Waals surface area (Å²) in [6.45, 7) is 6.83. The molecule has 0 unspecified atom stereocenters. The highest BCUT2D eigenvalue weighted by Crippen LogP contribution is 2.22. The maximum Gasteiger partial charge on any atom is 0.315 e. The van der Waals surface area contributed by atoms with Gasteiger partial charge in [-0.15, -0.1) is 0 Å². The van der Waals surface area contributed by atoms with Gasteiger partial charge in [0.2, 0.25) is 0 Å². The van der Waals surface area contributed by atoms with Gasteiger partial charge in [-0.3, -0.25) is 4.79 Å². The average molecular weight is 190 g/mol. The third-order valence-corrected chi connectivity index (χ3v) is 1.94. The molecule has 0 amide bonds. The van der Waals surface area contributed by atoms with Gasteiger partial charge in [0.15, 0.2) is 0 Å². The molecule has 2 nitrogen and oxygen atoms in total. The van der Waals surface area contributed by atoms with Gasteiger partial charge in [-0.2, -0.15) is 12.6 Å². The molecule has 0 aromatic carbocycles. The number of hydrogen-bond acceptors (Lipinski definition) is 3. The van der Waals surface area contributed by atoms with E-state index in [2.05, 4.69) is 33.4 Å². The quantitative estimate of drug-likeness (QED) is 0.532. The van der Waals surface area contributed by atoms with E-state index in [9.17, 15) is 4.79 Å². The van der Waals surface area contributed by atoms with Crippen LogP contribution in [0, 0.1) is 5.41 Å². The summed E-state index contributed by atoms with van der Waals surface area (Å²) >= 11 is 3.82. The van der Waals surface area contributed by atoms with Crippen molar-refractivity contribution in [2.24, 2.45) is 5.41 Å². The molecule has 12 heavy (non-hydrogen) atoms. The number of carbonyl (C=O) groups excluding carboxylic acids is 1. The zero-order chi connectivity index (χ0) is 9.61. The fourth-order valence-electron chi connectivity index (χ4n) is 1.07. The molecule has 0 spiro atoms.